The molecule has 0 aromatic carbocycles. The molecule has 0 bridgehead atoms. The molecule has 6 heteroatoms. The van der Waals surface area contributed by atoms with Crippen molar-refractivity contribution < 1.29 is 0 Å². The summed E-state index contributed by atoms with van der Waals surface area (Å²) in [7, 11) is 3.88. The lowest BCUT2D eigenvalue weighted by atomic mass is 9.98. The molecule has 0 fully saturated rings. The summed E-state index contributed by atoms with van der Waals surface area (Å²) in [5.41, 5.74) is 4.36. The average Bonchev–Trinajstić information content (AvgIpc) is 3.22. The summed E-state index contributed by atoms with van der Waals surface area (Å²) in [5, 5.41) is 9.02. The van der Waals surface area contributed by atoms with Crippen molar-refractivity contribution in [2.24, 2.45) is 0 Å². The van der Waals surface area contributed by atoms with Gasteiger partial charge in [-0.2, -0.15) is 0 Å². The second-order valence-electron chi connectivity index (χ2n) is 7.51. The van der Waals surface area contributed by atoms with E-state index in [1.807, 2.05) is 21.6 Å². The minimum Gasteiger partial charge on any atom is -0.147 e. The molecule has 29 heavy (non-hydrogen) atoms. The van der Waals surface area contributed by atoms with Gasteiger partial charge < -0.3 is 0 Å². The van der Waals surface area contributed by atoms with Crippen LogP contribution in [-0.2, 0) is 0 Å². The highest BCUT2D eigenvalue weighted by atomic mass is 33.1. The third-order valence-corrected chi connectivity index (χ3v) is 8.44. The van der Waals surface area contributed by atoms with Crippen molar-refractivity contribution in [2.75, 3.05) is 5.75 Å². The fourth-order valence-electron chi connectivity index (χ4n) is 3.27. The number of allylic oxidation sites excluding steroid dienone is 4. The Kier molecular flexibility index (Phi) is 13.2. The van der Waals surface area contributed by atoms with Crippen LogP contribution in [0.1, 0.15) is 89.5 Å². The third-order valence-electron chi connectivity index (χ3n) is 4.99. The molecule has 160 valence electrons. The first-order valence-corrected chi connectivity index (χ1v) is 14.5. The van der Waals surface area contributed by atoms with Gasteiger partial charge in [-0.25, -0.2) is 0 Å². The largest absolute Gasteiger partial charge is 0.147 e. The van der Waals surface area contributed by atoms with Crippen molar-refractivity contribution in [1.29, 1.82) is 0 Å². The maximum Gasteiger partial charge on any atom is 0.140 e. The van der Waals surface area contributed by atoms with Crippen LogP contribution in [0.25, 0.3) is 6.08 Å². The molecule has 0 saturated carbocycles. The van der Waals surface area contributed by atoms with Gasteiger partial charge in [-0.05, 0) is 42.7 Å². The van der Waals surface area contributed by atoms with Crippen molar-refractivity contribution in [2.45, 2.75) is 84.5 Å². The molecule has 0 unspecified atom stereocenters. The lowest BCUT2D eigenvalue weighted by molar-refractivity contribution is 0.563. The van der Waals surface area contributed by atoms with Gasteiger partial charge in [-0.15, -0.1) is 21.5 Å². The minimum absolute atomic E-state index is 0.855. The molecular formula is C23H34N2S4. The van der Waals surface area contributed by atoms with E-state index >= 15 is 0 Å². The topological polar surface area (TPSA) is 25.8 Å². The summed E-state index contributed by atoms with van der Waals surface area (Å²) in [5.74, 6) is 1.22. The zero-order chi connectivity index (χ0) is 20.7. The van der Waals surface area contributed by atoms with Crippen molar-refractivity contribution in [3.8, 4) is 0 Å². The lowest BCUT2D eigenvalue weighted by Gasteiger charge is -2.16. The van der Waals surface area contributed by atoms with Crippen molar-refractivity contribution >= 4 is 56.1 Å². The van der Waals surface area contributed by atoms with E-state index in [-0.39, 0.29) is 0 Å². The van der Waals surface area contributed by atoms with Crippen molar-refractivity contribution in [3.63, 3.8) is 0 Å². The van der Waals surface area contributed by atoms with Gasteiger partial charge in [0.05, 0.1) is 0 Å². The first-order chi connectivity index (χ1) is 14.2. The molecule has 2 nitrogen and oxygen atoms in total. The Morgan fingerprint density at radius 2 is 1.76 bits per heavy atom. The van der Waals surface area contributed by atoms with E-state index in [0.717, 1.165) is 16.3 Å². The second-order valence-corrected chi connectivity index (χ2v) is 11.4. The Morgan fingerprint density at radius 1 is 1.07 bits per heavy atom. The molecule has 1 aromatic rings. The molecule has 0 atom stereocenters. The van der Waals surface area contributed by atoms with Crippen LogP contribution in [-0.4, -0.2) is 20.8 Å². The molecule has 0 saturated heterocycles. The number of aromatic nitrogens is 2. The smallest absolute Gasteiger partial charge is 0.140 e. The molecule has 1 heterocycles. The molecule has 1 aromatic heterocycles. The number of hydrogen-bond donors (Lipinski definition) is 0. The zero-order valence-electron chi connectivity index (χ0n) is 17.8. The number of rotatable bonds is 15. The summed E-state index contributed by atoms with van der Waals surface area (Å²) >= 11 is 7.02. The third kappa shape index (κ3) is 10.4. The van der Waals surface area contributed by atoms with Crippen LogP contribution in [0, 0.1) is 0 Å². The highest BCUT2D eigenvalue weighted by molar-refractivity contribution is 8.78. The molecule has 0 radical (unpaired) electrons. The quantitative estimate of drug-likeness (QED) is 0.146. The summed E-state index contributed by atoms with van der Waals surface area (Å²) in [6, 6.07) is 0. The predicted octanol–water partition coefficient (Wildman–Crippen LogP) is 8.83. The Bertz CT molecular complexity index is 690. The summed E-state index contributed by atoms with van der Waals surface area (Å²) < 4.78 is 0. The Labute approximate surface area is 194 Å². The summed E-state index contributed by atoms with van der Waals surface area (Å²) in [4.78, 5) is 2.35. The van der Waals surface area contributed by atoms with Gasteiger partial charge in [0.2, 0.25) is 0 Å². The van der Waals surface area contributed by atoms with Crippen LogP contribution in [0.3, 0.4) is 0 Å². The van der Waals surface area contributed by atoms with Gasteiger partial charge in [0.15, 0.2) is 0 Å². The van der Waals surface area contributed by atoms with Crippen LogP contribution >= 0.6 is 45.1 Å². The number of nitrogens with zero attached hydrogens (tertiary/aromatic N) is 2. The summed E-state index contributed by atoms with van der Waals surface area (Å²) in [6.45, 7) is 4.44. The lowest BCUT2D eigenvalue weighted by Crippen LogP contribution is -2.02. The van der Waals surface area contributed by atoms with Gasteiger partial charge in [0.25, 0.3) is 0 Å². The summed E-state index contributed by atoms with van der Waals surface area (Å²) in [6.07, 6.45) is 21.2. The minimum atomic E-state index is 0.855. The van der Waals surface area contributed by atoms with E-state index < -0.39 is 0 Å². The maximum absolute atomic E-state index is 5.45. The normalized spacial score (nSPS) is 14.8. The highest BCUT2D eigenvalue weighted by Crippen LogP contribution is 2.39. The van der Waals surface area contributed by atoms with Crippen LogP contribution in [0.5, 0.6) is 0 Å². The molecule has 2 rings (SSSR count). The van der Waals surface area contributed by atoms with E-state index in [1.165, 1.54) is 86.0 Å². The van der Waals surface area contributed by atoms with Crippen molar-refractivity contribution in [1.82, 2.24) is 10.2 Å². The first-order valence-electron chi connectivity index (χ1n) is 10.9. The fourth-order valence-corrected chi connectivity index (χ4v) is 6.47. The van der Waals surface area contributed by atoms with Crippen LogP contribution in [0.4, 0.5) is 0 Å². The van der Waals surface area contributed by atoms with E-state index in [2.05, 4.69) is 42.3 Å². The predicted molar refractivity (Wildman–Crippen MR) is 139 cm³/mol. The molecule has 0 spiro atoms. The van der Waals surface area contributed by atoms with E-state index in [4.69, 9.17) is 12.2 Å². The van der Waals surface area contributed by atoms with E-state index in [0.29, 0.717) is 0 Å². The van der Waals surface area contributed by atoms with Crippen LogP contribution < -0.4 is 0 Å². The van der Waals surface area contributed by atoms with E-state index in [1.54, 1.807) is 16.8 Å². The molecule has 1 aliphatic rings. The Hall–Kier alpha value is -0.430. The van der Waals surface area contributed by atoms with Crippen molar-refractivity contribution in [3.05, 3.63) is 38.7 Å². The maximum atomic E-state index is 5.45. The monoisotopic (exact) mass is 466 g/mol. The molecule has 0 aliphatic heterocycles. The molecular weight excluding hydrogens is 433 g/mol. The van der Waals surface area contributed by atoms with Gasteiger partial charge in [-0.3, -0.25) is 0 Å². The Balaban J connectivity index is 1.66. The Morgan fingerprint density at radius 3 is 2.41 bits per heavy atom. The van der Waals surface area contributed by atoms with Gasteiger partial charge in [0, 0.05) is 21.9 Å². The molecule has 0 N–H and O–H groups in total. The fraction of sp³-hybridized carbons (Fsp3) is 0.609. The average molecular weight is 467 g/mol. The van der Waals surface area contributed by atoms with Gasteiger partial charge >= 0.3 is 0 Å². The SMILES string of the molecule is CCCCCCCCCCCCSSC1=C(C(C)=Cc2nncs2)CC(=S)C=C1. The second kappa shape index (κ2) is 15.4. The molecule has 1 aliphatic carbocycles. The van der Waals surface area contributed by atoms with Gasteiger partial charge in [-0.1, -0.05) is 98.5 Å². The highest BCUT2D eigenvalue weighted by Gasteiger charge is 2.14. The number of unbranched alkanes of at least 4 members (excludes halogenated alkanes) is 9. The van der Waals surface area contributed by atoms with E-state index in [9.17, 15) is 0 Å². The number of hydrogen-bond acceptors (Lipinski definition) is 6. The first kappa shape index (κ1) is 24.8. The van der Waals surface area contributed by atoms with Crippen LogP contribution in [0.15, 0.2) is 33.7 Å². The van der Waals surface area contributed by atoms with Crippen LogP contribution in [0.2, 0.25) is 0 Å². The van der Waals surface area contributed by atoms with Gasteiger partial charge in [0.1, 0.15) is 10.5 Å². The molecule has 0 amide bonds. The zero-order valence-corrected chi connectivity index (χ0v) is 21.1. The number of thiocarbonyl (C=S) groups is 1. The standard InChI is InChI=1S/C23H34N2S4/c1-3-4-5-6-7-8-9-10-11-12-15-28-29-22-14-13-20(26)17-21(22)19(2)16-23-25-24-18-27-23/h13-14,16,18H,3-12,15,17H2,1-2H3.